The zero-order valence-corrected chi connectivity index (χ0v) is 17.4. The van der Waals surface area contributed by atoms with Crippen molar-refractivity contribution in [1.82, 2.24) is 5.16 Å². The summed E-state index contributed by atoms with van der Waals surface area (Å²) in [5, 5.41) is 3.79. The lowest BCUT2D eigenvalue weighted by Crippen LogP contribution is -2.22. The van der Waals surface area contributed by atoms with E-state index in [1.807, 2.05) is 19.1 Å². The Kier molecular flexibility index (Phi) is 4.96. The van der Waals surface area contributed by atoms with Crippen molar-refractivity contribution >= 4 is 21.4 Å². The van der Waals surface area contributed by atoms with E-state index in [2.05, 4.69) is 28.6 Å². The van der Waals surface area contributed by atoms with Crippen molar-refractivity contribution in [3.8, 4) is 17.1 Å². The van der Waals surface area contributed by atoms with E-state index < -0.39 is 10.0 Å². The summed E-state index contributed by atoms with van der Waals surface area (Å²) in [6.07, 6.45) is 1.58. The van der Waals surface area contributed by atoms with Crippen LogP contribution in [0.1, 0.15) is 25.0 Å². The molecule has 2 heterocycles. The molecule has 7 nitrogen and oxygen atoms in total. The minimum atomic E-state index is -3.78. The van der Waals surface area contributed by atoms with Crippen molar-refractivity contribution in [3.05, 3.63) is 53.7 Å². The summed E-state index contributed by atoms with van der Waals surface area (Å²) in [7, 11) is -3.78. The van der Waals surface area contributed by atoms with Crippen LogP contribution in [0.5, 0.6) is 5.75 Å². The molecular formula is C21H23N3O4S. The Balaban J connectivity index is 1.65. The molecule has 0 atom stereocenters. The van der Waals surface area contributed by atoms with Crippen LogP contribution in [0.2, 0.25) is 0 Å². The van der Waals surface area contributed by atoms with Crippen LogP contribution in [0.15, 0.2) is 52.0 Å². The molecule has 1 aliphatic heterocycles. The van der Waals surface area contributed by atoms with Crippen molar-refractivity contribution in [2.24, 2.45) is 0 Å². The topological polar surface area (TPSA) is 84.7 Å². The highest BCUT2D eigenvalue weighted by Crippen LogP contribution is 2.39. The van der Waals surface area contributed by atoms with Crippen molar-refractivity contribution in [2.75, 3.05) is 22.7 Å². The molecule has 4 rings (SSSR count). The molecule has 0 fully saturated rings. The third kappa shape index (κ3) is 3.55. The fraction of sp³-hybridized carbons (Fsp3) is 0.286. The summed E-state index contributed by atoms with van der Waals surface area (Å²) in [5.41, 5.74) is 3.86. The normalized spacial score (nSPS) is 12.7. The number of fused-ring (bicyclic) bond motifs is 3. The molecule has 1 N–H and O–H groups in total. The number of hydrogen-bond donors (Lipinski definition) is 1. The minimum Gasteiger partial charge on any atom is -0.488 e. The van der Waals surface area contributed by atoms with Crippen molar-refractivity contribution in [3.63, 3.8) is 0 Å². The van der Waals surface area contributed by atoms with Gasteiger partial charge in [-0.2, -0.15) is 0 Å². The van der Waals surface area contributed by atoms with Gasteiger partial charge in [-0.25, -0.2) is 8.42 Å². The number of nitrogens with zero attached hydrogens (tertiary/aromatic N) is 2. The van der Waals surface area contributed by atoms with Crippen LogP contribution >= 0.6 is 0 Å². The Bertz CT molecular complexity index is 1150. The molecular weight excluding hydrogens is 390 g/mol. The first-order valence-electron chi connectivity index (χ1n) is 9.52. The van der Waals surface area contributed by atoms with Gasteiger partial charge in [0.2, 0.25) is 0 Å². The van der Waals surface area contributed by atoms with E-state index >= 15 is 0 Å². The van der Waals surface area contributed by atoms with Crippen LogP contribution in [0, 0.1) is 6.92 Å². The fourth-order valence-corrected chi connectivity index (χ4v) is 4.63. The second kappa shape index (κ2) is 7.44. The summed E-state index contributed by atoms with van der Waals surface area (Å²) < 4.78 is 39.7. The molecule has 3 aromatic rings. The zero-order chi connectivity index (χ0) is 20.6. The highest BCUT2D eigenvalue weighted by Gasteiger charge is 2.25. The van der Waals surface area contributed by atoms with Crippen LogP contribution in [0.3, 0.4) is 0 Å². The summed E-state index contributed by atoms with van der Waals surface area (Å²) in [6.45, 7) is 8.22. The number of hydrogen-bond acceptors (Lipinski definition) is 6. The highest BCUT2D eigenvalue weighted by atomic mass is 32.2. The van der Waals surface area contributed by atoms with E-state index in [4.69, 9.17) is 9.26 Å². The monoisotopic (exact) mass is 413 g/mol. The van der Waals surface area contributed by atoms with Gasteiger partial charge in [-0.3, -0.25) is 4.72 Å². The molecule has 152 valence electrons. The standard InChI is InChI=1S/C21H23N3O4S/c1-4-24(5-2)16-6-8-19(14(3)10-16)23-29(25,26)17-7-9-20-18(11-17)21-15(13-27-20)12-22-28-21/h6-12,23H,4-5,13H2,1-3H3. The molecule has 0 amide bonds. The number of aromatic nitrogens is 1. The van der Waals surface area contributed by atoms with Crippen LogP contribution in [0.25, 0.3) is 11.3 Å². The summed E-state index contributed by atoms with van der Waals surface area (Å²) in [4.78, 5) is 2.35. The quantitative estimate of drug-likeness (QED) is 0.652. The number of benzene rings is 2. The first kappa shape index (κ1) is 19.3. The Morgan fingerprint density at radius 2 is 1.93 bits per heavy atom. The van der Waals surface area contributed by atoms with Gasteiger partial charge >= 0.3 is 0 Å². The van der Waals surface area contributed by atoms with E-state index in [0.717, 1.165) is 29.9 Å². The first-order valence-corrected chi connectivity index (χ1v) is 11.0. The molecule has 0 saturated heterocycles. The van der Waals surface area contributed by atoms with Crippen LogP contribution in [-0.4, -0.2) is 26.7 Å². The second-order valence-corrected chi connectivity index (χ2v) is 8.59. The van der Waals surface area contributed by atoms with Crippen LogP contribution in [-0.2, 0) is 16.6 Å². The van der Waals surface area contributed by atoms with E-state index in [0.29, 0.717) is 29.4 Å². The van der Waals surface area contributed by atoms with Crippen molar-refractivity contribution in [1.29, 1.82) is 0 Å². The van der Waals surface area contributed by atoms with Gasteiger partial charge in [-0.05, 0) is 62.7 Å². The number of aryl methyl sites for hydroxylation is 1. The molecule has 8 heteroatoms. The van der Waals surface area contributed by atoms with E-state index in [9.17, 15) is 8.42 Å². The predicted molar refractivity (Wildman–Crippen MR) is 112 cm³/mol. The highest BCUT2D eigenvalue weighted by molar-refractivity contribution is 7.92. The van der Waals surface area contributed by atoms with Gasteiger partial charge < -0.3 is 14.2 Å². The summed E-state index contributed by atoms with van der Waals surface area (Å²) in [5.74, 6) is 1.12. The van der Waals surface area contributed by atoms with Gasteiger partial charge in [0.05, 0.1) is 27.9 Å². The largest absolute Gasteiger partial charge is 0.488 e. The van der Waals surface area contributed by atoms with Gasteiger partial charge in [0.1, 0.15) is 12.4 Å². The predicted octanol–water partition coefficient (Wildman–Crippen LogP) is 4.19. The smallest absolute Gasteiger partial charge is 0.261 e. The van der Waals surface area contributed by atoms with Crippen molar-refractivity contribution < 1.29 is 17.7 Å². The third-order valence-electron chi connectivity index (χ3n) is 5.12. The SMILES string of the molecule is CCN(CC)c1ccc(NS(=O)(=O)c2ccc3c(c2)-c2oncc2CO3)c(C)c1. The van der Waals surface area contributed by atoms with Crippen LogP contribution in [0.4, 0.5) is 11.4 Å². The maximum Gasteiger partial charge on any atom is 0.261 e. The average molecular weight is 413 g/mol. The maximum atomic E-state index is 13.0. The Hall–Kier alpha value is -3.00. The van der Waals surface area contributed by atoms with Crippen molar-refractivity contribution in [2.45, 2.75) is 32.3 Å². The van der Waals surface area contributed by atoms with Gasteiger partial charge in [0.15, 0.2) is 5.76 Å². The molecule has 0 saturated carbocycles. The lowest BCUT2D eigenvalue weighted by molar-refractivity contribution is 0.297. The van der Waals surface area contributed by atoms with E-state index in [-0.39, 0.29) is 4.90 Å². The number of anilines is 2. The minimum absolute atomic E-state index is 0.135. The molecule has 0 spiro atoms. The van der Waals surface area contributed by atoms with E-state index in [1.54, 1.807) is 24.4 Å². The molecule has 0 bridgehead atoms. The summed E-state index contributed by atoms with van der Waals surface area (Å²) >= 11 is 0. The third-order valence-corrected chi connectivity index (χ3v) is 6.48. The lowest BCUT2D eigenvalue weighted by atomic mass is 10.1. The van der Waals surface area contributed by atoms with Gasteiger partial charge in [0.25, 0.3) is 10.0 Å². The zero-order valence-electron chi connectivity index (χ0n) is 16.6. The lowest BCUT2D eigenvalue weighted by Gasteiger charge is -2.22. The summed E-state index contributed by atoms with van der Waals surface area (Å²) in [6, 6.07) is 10.5. The number of ether oxygens (including phenoxy) is 1. The molecule has 0 aliphatic carbocycles. The molecule has 29 heavy (non-hydrogen) atoms. The average Bonchev–Trinajstić information content (AvgIpc) is 3.20. The Morgan fingerprint density at radius 1 is 1.14 bits per heavy atom. The molecule has 0 unspecified atom stereocenters. The molecule has 2 aromatic carbocycles. The molecule has 1 aliphatic rings. The second-order valence-electron chi connectivity index (χ2n) is 6.90. The fourth-order valence-electron chi connectivity index (χ4n) is 3.47. The molecule has 1 aromatic heterocycles. The van der Waals surface area contributed by atoms with Gasteiger partial charge in [-0.15, -0.1) is 0 Å². The number of sulfonamides is 1. The van der Waals surface area contributed by atoms with Gasteiger partial charge in [0, 0.05) is 18.8 Å². The van der Waals surface area contributed by atoms with Gasteiger partial charge in [-0.1, -0.05) is 5.16 Å². The Labute approximate surface area is 170 Å². The maximum absolute atomic E-state index is 13.0. The first-order chi connectivity index (χ1) is 13.9. The van der Waals surface area contributed by atoms with Crippen LogP contribution < -0.4 is 14.4 Å². The number of rotatable bonds is 6. The number of nitrogens with one attached hydrogen (secondary N) is 1. The molecule has 0 radical (unpaired) electrons. The van der Waals surface area contributed by atoms with E-state index in [1.165, 1.54) is 6.07 Å². The Morgan fingerprint density at radius 3 is 2.66 bits per heavy atom.